The number of halogens is 2. The molecule has 4 heterocycles. The number of carbonyl (C=O) groups excluding carboxylic acids is 2. The van der Waals surface area contributed by atoms with Gasteiger partial charge in [0.1, 0.15) is 34.6 Å². The number of rotatable bonds is 9. The van der Waals surface area contributed by atoms with E-state index in [9.17, 15) is 18.4 Å². The van der Waals surface area contributed by atoms with E-state index in [1.165, 1.54) is 24.3 Å². The molecular weight excluding hydrogens is 646 g/mol. The van der Waals surface area contributed by atoms with E-state index in [1.54, 1.807) is 43.5 Å². The van der Waals surface area contributed by atoms with Crippen molar-refractivity contribution < 1.29 is 32.6 Å². The number of nitrogens with one attached hydrogen (secondary N) is 2. The smallest absolute Gasteiger partial charge is 0.407 e. The number of piperidine rings is 1. The molecule has 2 aromatic heterocycles. The minimum atomic E-state index is -0.768. The van der Waals surface area contributed by atoms with Crippen molar-refractivity contribution in [2.75, 3.05) is 37.5 Å². The number of aromatic nitrogens is 2. The van der Waals surface area contributed by atoms with Gasteiger partial charge in [-0.15, -0.1) is 0 Å². The molecule has 2 aromatic carbocycles. The van der Waals surface area contributed by atoms with Gasteiger partial charge in [-0.25, -0.2) is 23.5 Å². The number of carbonyl (C=O) groups is 2. The van der Waals surface area contributed by atoms with Crippen molar-refractivity contribution in [2.24, 2.45) is 0 Å². The molecule has 0 radical (unpaired) electrons. The largest absolute Gasteiger partial charge is 0.497 e. The fraction of sp³-hybridized carbons (Fsp3) is 0.351. The number of benzene rings is 2. The maximum Gasteiger partial charge on any atom is 0.407 e. The normalized spacial score (nSPS) is 15.8. The molecule has 0 aliphatic carbocycles. The second-order valence-corrected chi connectivity index (χ2v) is 13.3. The molecule has 6 rings (SSSR count). The predicted octanol–water partition coefficient (Wildman–Crippen LogP) is 6.83. The highest BCUT2D eigenvalue weighted by Crippen LogP contribution is 2.37. The molecule has 4 aromatic rings. The Morgan fingerprint density at radius 3 is 2.48 bits per heavy atom. The Bertz CT molecular complexity index is 1880. The summed E-state index contributed by atoms with van der Waals surface area (Å²) < 4.78 is 46.2. The lowest BCUT2D eigenvalue weighted by Gasteiger charge is -2.35. The molecule has 1 saturated heterocycles. The Hall–Kier alpha value is -5.46. The molecule has 2 aliphatic rings. The number of pyridine rings is 2. The van der Waals surface area contributed by atoms with Gasteiger partial charge in [-0.05, 0) is 76.1 Å². The summed E-state index contributed by atoms with van der Waals surface area (Å²) in [6.45, 7) is 7.18. The predicted molar refractivity (Wildman–Crippen MR) is 185 cm³/mol. The van der Waals surface area contributed by atoms with Crippen molar-refractivity contribution in [2.45, 2.75) is 58.3 Å². The Morgan fingerprint density at radius 1 is 1.02 bits per heavy atom. The maximum atomic E-state index is 15.0. The van der Waals surface area contributed by atoms with Crippen LogP contribution in [0.1, 0.15) is 55.2 Å². The topological polar surface area (TPSA) is 118 Å². The minimum Gasteiger partial charge on any atom is -0.497 e. The van der Waals surface area contributed by atoms with Crippen LogP contribution in [-0.4, -0.2) is 65.8 Å². The van der Waals surface area contributed by atoms with E-state index in [0.29, 0.717) is 35.2 Å². The number of alkyl carbamates (subject to hydrolysis) is 1. The first kappa shape index (κ1) is 34.4. The van der Waals surface area contributed by atoms with Crippen molar-refractivity contribution in [3.8, 4) is 22.8 Å². The van der Waals surface area contributed by atoms with Crippen LogP contribution in [0.25, 0.3) is 11.3 Å². The Balaban J connectivity index is 1.26. The van der Waals surface area contributed by atoms with Crippen LogP contribution in [0.4, 0.5) is 30.8 Å². The third-order valence-corrected chi connectivity index (χ3v) is 8.53. The second kappa shape index (κ2) is 14.2. The van der Waals surface area contributed by atoms with Gasteiger partial charge in [0.05, 0.1) is 67.4 Å². The molecular formula is C37H40F2N6O5. The lowest BCUT2D eigenvalue weighted by molar-refractivity contribution is 0.0499. The molecule has 262 valence electrons. The molecule has 1 atom stereocenters. The van der Waals surface area contributed by atoms with Crippen LogP contribution in [0, 0.1) is 11.6 Å². The maximum absolute atomic E-state index is 15.0. The average molecular weight is 687 g/mol. The van der Waals surface area contributed by atoms with E-state index < -0.39 is 23.3 Å². The van der Waals surface area contributed by atoms with Gasteiger partial charge in [-0.1, -0.05) is 6.07 Å². The van der Waals surface area contributed by atoms with Gasteiger partial charge in [0.15, 0.2) is 0 Å². The summed E-state index contributed by atoms with van der Waals surface area (Å²) in [6.07, 6.45) is 2.97. The van der Waals surface area contributed by atoms with Crippen molar-refractivity contribution >= 4 is 29.2 Å². The summed E-state index contributed by atoms with van der Waals surface area (Å²) in [7, 11) is 3.10. The highest BCUT2D eigenvalue weighted by molar-refractivity contribution is 6.04. The van der Waals surface area contributed by atoms with E-state index in [2.05, 4.69) is 25.5 Å². The van der Waals surface area contributed by atoms with Crippen LogP contribution in [0.3, 0.4) is 0 Å². The zero-order valence-electron chi connectivity index (χ0n) is 28.7. The van der Waals surface area contributed by atoms with Gasteiger partial charge in [0.2, 0.25) is 0 Å². The fourth-order valence-electron chi connectivity index (χ4n) is 6.24. The average Bonchev–Trinajstić information content (AvgIpc) is 3.39. The molecule has 2 N–H and O–H groups in total. The van der Waals surface area contributed by atoms with Crippen LogP contribution in [0.2, 0.25) is 0 Å². The summed E-state index contributed by atoms with van der Waals surface area (Å²) in [5.41, 5.74) is 1.77. The van der Waals surface area contributed by atoms with Crippen molar-refractivity contribution in [1.82, 2.24) is 20.2 Å². The van der Waals surface area contributed by atoms with Crippen LogP contribution in [-0.2, 0) is 17.8 Å². The van der Waals surface area contributed by atoms with Gasteiger partial charge in [-0.2, -0.15) is 0 Å². The standard InChI is InChI=1S/C37H40F2N6O5/c1-37(2,3)50-36(47)41-23-8-7-15-44(20-23)24-12-14-32(40-18-24)43-29-17-28(33-26(38)9-6-10-27(33)39)42-30-21-45(35(46)34(29)30)19-22-11-13-25(48-4)16-31(22)49-5/h6,9-14,16-18,23H,7-8,15,19-21H2,1-5H3,(H,41,47)(H,40,42,43)/t23-/m1/s1. The van der Waals surface area contributed by atoms with Crippen LogP contribution >= 0.6 is 0 Å². The first-order valence-corrected chi connectivity index (χ1v) is 16.4. The summed E-state index contributed by atoms with van der Waals surface area (Å²) in [5, 5.41) is 6.18. The molecule has 1 fully saturated rings. The molecule has 2 aliphatic heterocycles. The third kappa shape index (κ3) is 7.56. The van der Waals surface area contributed by atoms with Gasteiger partial charge in [-0.3, -0.25) is 4.79 Å². The first-order chi connectivity index (χ1) is 23.9. The molecule has 11 nitrogen and oxygen atoms in total. The van der Waals surface area contributed by atoms with Gasteiger partial charge >= 0.3 is 6.09 Å². The summed E-state index contributed by atoms with van der Waals surface area (Å²) in [6, 6.07) is 14.0. The number of fused-ring (bicyclic) bond motifs is 1. The zero-order valence-corrected chi connectivity index (χ0v) is 28.7. The minimum absolute atomic E-state index is 0.0481. The summed E-state index contributed by atoms with van der Waals surface area (Å²) in [4.78, 5) is 39.2. The van der Waals surface area contributed by atoms with Gasteiger partial charge in [0.25, 0.3) is 5.91 Å². The van der Waals surface area contributed by atoms with Crippen LogP contribution in [0.5, 0.6) is 11.5 Å². The number of hydrogen-bond acceptors (Lipinski definition) is 9. The Morgan fingerprint density at radius 2 is 1.80 bits per heavy atom. The second-order valence-electron chi connectivity index (χ2n) is 13.3. The molecule has 2 amide bonds. The lowest BCUT2D eigenvalue weighted by atomic mass is 10.1. The number of hydrogen-bond donors (Lipinski definition) is 2. The van der Waals surface area contributed by atoms with Crippen molar-refractivity contribution in [3.63, 3.8) is 0 Å². The first-order valence-electron chi connectivity index (χ1n) is 16.4. The van der Waals surface area contributed by atoms with E-state index in [4.69, 9.17) is 14.2 Å². The van der Waals surface area contributed by atoms with E-state index in [0.717, 1.165) is 30.6 Å². The van der Waals surface area contributed by atoms with Crippen molar-refractivity contribution in [1.29, 1.82) is 0 Å². The van der Waals surface area contributed by atoms with E-state index in [-0.39, 0.29) is 41.9 Å². The molecule has 0 bridgehead atoms. The molecule has 0 spiro atoms. The molecule has 50 heavy (non-hydrogen) atoms. The van der Waals surface area contributed by atoms with Gasteiger partial charge < -0.3 is 34.6 Å². The number of anilines is 3. The van der Waals surface area contributed by atoms with Crippen LogP contribution in [0.15, 0.2) is 60.8 Å². The monoisotopic (exact) mass is 686 g/mol. The van der Waals surface area contributed by atoms with Gasteiger partial charge in [0, 0.05) is 30.8 Å². The SMILES string of the molecule is COc1ccc(CN2Cc3nc(-c4c(F)cccc4F)cc(Nc4ccc(N5CCC[C@@H](NC(=O)OC(C)(C)C)C5)cn4)c3C2=O)c(OC)c1. The number of methoxy groups -OCH3 is 2. The van der Waals surface area contributed by atoms with E-state index >= 15 is 0 Å². The summed E-state index contributed by atoms with van der Waals surface area (Å²) >= 11 is 0. The quantitative estimate of drug-likeness (QED) is 0.195. The van der Waals surface area contributed by atoms with Crippen molar-refractivity contribution in [3.05, 3.63) is 89.2 Å². The summed E-state index contributed by atoms with van der Waals surface area (Å²) in [5.74, 6) is -0.250. The number of ether oxygens (including phenoxy) is 3. The fourth-order valence-corrected chi connectivity index (χ4v) is 6.24. The van der Waals surface area contributed by atoms with Crippen LogP contribution < -0.4 is 25.0 Å². The highest BCUT2D eigenvalue weighted by atomic mass is 19.1. The highest BCUT2D eigenvalue weighted by Gasteiger charge is 2.34. The lowest BCUT2D eigenvalue weighted by Crippen LogP contribution is -2.49. The third-order valence-electron chi connectivity index (χ3n) is 8.53. The zero-order chi connectivity index (χ0) is 35.6. The number of nitrogens with zero attached hydrogens (tertiary/aromatic N) is 4. The van der Waals surface area contributed by atoms with E-state index in [1.807, 2.05) is 32.9 Å². The molecule has 13 heteroatoms. The number of amides is 2. The Kier molecular flexibility index (Phi) is 9.76. The Labute approximate surface area is 289 Å². The molecule has 0 saturated carbocycles. The molecule has 0 unspecified atom stereocenters.